The maximum Gasteiger partial charge on any atom is 0.348 e. The van der Waals surface area contributed by atoms with Crippen molar-refractivity contribution < 1.29 is 28.5 Å². The Hall–Kier alpha value is -3.52. The molecule has 0 saturated carbocycles. The summed E-state index contributed by atoms with van der Waals surface area (Å²) in [7, 11) is 0. The summed E-state index contributed by atoms with van der Waals surface area (Å²) >= 11 is 1.38. The molecule has 0 spiro atoms. The zero-order valence-electron chi connectivity index (χ0n) is 18.5. The number of rotatable bonds is 4. The van der Waals surface area contributed by atoms with E-state index < -0.39 is 5.97 Å². The Morgan fingerprint density at radius 3 is 2.76 bits per heavy atom. The summed E-state index contributed by atoms with van der Waals surface area (Å²) in [4.78, 5) is 29.0. The molecule has 1 aromatic heterocycles. The molecule has 2 aromatic carbocycles. The van der Waals surface area contributed by atoms with Crippen LogP contribution < -0.4 is 14.2 Å². The lowest BCUT2D eigenvalue weighted by atomic mass is 10.0. The van der Waals surface area contributed by atoms with Gasteiger partial charge in [0.2, 0.25) is 0 Å². The number of carbonyl (C=O) groups excluding carboxylic acids is 2. The molecule has 3 aliphatic heterocycles. The van der Waals surface area contributed by atoms with Gasteiger partial charge in [0.15, 0.2) is 18.1 Å². The number of esters is 1. The van der Waals surface area contributed by atoms with Crippen molar-refractivity contribution in [2.24, 2.45) is 0 Å². The van der Waals surface area contributed by atoms with Crippen LogP contribution in [0, 0.1) is 0 Å². The lowest BCUT2D eigenvalue weighted by Crippen LogP contribution is -2.34. The van der Waals surface area contributed by atoms with Crippen LogP contribution in [0.1, 0.15) is 39.7 Å². The van der Waals surface area contributed by atoms with E-state index in [1.165, 1.54) is 11.3 Å². The van der Waals surface area contributed by atoms with Crippen molar-refractivity contribution in [2.45, 2.75) is 25.5 Å². The second-order valence-corrected chi connectivity index (χ2v) is 9.53. The predicted molar refractivity (Wildman–Crippen MR) is 125 cm³/mol. The van der Waals surface area contributed by atoms with Crippen LogP contribution in [0.4, 0.5) is 0 Å². The van der Waals surface area contributed by atoms with Crippen molar-refractivity contribution in [2.75, 3.05) is 26.4 Å². The lowest BCUT2D eigenvalue weighted by Gasteiger charge is -2.26. The average Bonchev–Trinajstić information content (AvgIpc) is 3.55. The molecule has 0 bridgehead atoms. The van der Waals surface area contributed by atoms with Gasteiger partial charge in [-0.15, -0.1) is 11.3 Å². The number of carbonyl (C=O) groups is 2. The molecule has 0 radical (unpaired) electrons. The third-order valence-corrected chi connectivity index (χ3v) is 7.57. The first-order chi connectivity index (χ1) is 16.7. The summed E-state index contributed by atoms with van der Waals surface area (Å²) in [6.07, 6.45) is 1.76. The minimum absolute atomic E-state index is 0.0651. The largest absolute Gasteiger partial charge is 0.488 e. The van der Waals surface area contributed by atoms with Gasteiger partial charge >= 0.3 is 5.97 Å². The van der Waals surface area contributed by atoms with Crippen molar-refractivity contribution in [1.29, 1.82) is 0 Å². The molecule has 0 aliphatic carbocycles. The zero-order valence-corrected chi connectivity index (χ0v) is 19.3. The zero-order chi connectivity index (χ0) is 23.1. The Morgan fingerprint density at radius 1 is 1.00 bits per heavy atom. The van der Waals surface area contributed by atoms with Crippen molar-refractivity contribution >= 4 is 23.2 Å². The second kappa shape index (κ2) is 8.68. The van der Waals surface area contributed by atoms with Gasteiger partial charge < -0.3 is 23.8 Å². The van der Waals surface area contributed by atoms with Gasteiger partial charge in [-0.25, -0.2) is 4.79 Å². The summed E-state index contributed by atoms with van der Waals surface area (Å²) in [6, 6.07) is 15.3. The Balaban J connectivity index is 1.13. The summed E-state index contributed by atoms with van der Waals surface area (Å²) < 4.78 is 22.5. The normalized spacial score (nSPS) is 18.0. The number of amides is 1. The van der Waals surface area contributed by atoms with Crippen LogP contribution in [-0.2, 0) is 16.1 Å². The van der Waals surface area contributed by atoms with Crippen LogP contribution in [0.3, 0.4) is 0 Å². The summed E-state index contributed by atoms with van der Waals surface area (Å²) in [5, 5.41) is 0. The molecule has 3 aromatic rings. The molecule has 4 heterocycles. The number of hydrogen-bond donors (Lipinski definition) is 0. The fourth-order valence-corrected chi connectivity index (χ4v) is 5.85. The third kappa shape index (κ3) is 3.77. The van der Waals surface area contributed by atoms with Gasteiger partial charge in [0.1, 0.15) is 30.4 Å². The van der Waals surface area contributed by atoms with E-state index in [4.69, 9.17) is 18.9 Å². The molecule has 1 unspecified atom stereocenters. The Kier molecular flexibility index (Phi) is 5.37. The van der Waals surface area contributed by atoms with Gasteiger partial charge in [0.25, 0.3) is 5.91 Å². The van der Waals surface area contributed by atoms with Gasteiger partial charge in [-0.05, 0) is 48.7 Å². The highest BCUT2D eigenvalue weighted by Gasteiger charge is 2.32. The molecule has 1 fully saturated rings. The highest BCUT2D eigenvalue weighted by molar-refractivity contribution is 7.17. The number of para-hydroxylation sites is 1. The maximum atomic E-state index is 13.0. The molecule has 7 nitrogen and oxygen atoms in total. The lowest BCUT2D eigenvalue weighted by molar-refractivity contribution is -0.135. The molecule has 1 atom stereocenters. The quantitative estimate of drug-likeness (QED) is 0.512. The van der Waals surface area contributed by atoms with Gasteiger partial charge in [-0.2, -0.15) is 0 Å². The number of hydrogen-bond acceptors (Lipinski definition) is 7. The third-order valence-electron chi connectivity index (χ3n) is 6.38. The smallest absolute Gasteiger partial charge is 0.348 e. The van der Waals surface area contributed by atoms with Gasteiger partial charge in [-0.1, -0.05) is 18.2 Å². The highest BCUT2D eigenvalue weighted by atomic mass is 32.1. The SMILES string of the molecule is O=C(OCC(=O)N1CCCC1c1ccc2c(c1)OCCO2)c1cc2c(s1)-c1ccccc1OC2. The van der Waals surface area contributed by atoms with Crippen molar-refractivity contribution in [3.05, 3.63) is 64.5 Å². The van der Waals surface area contributed by atoms with Gasteiger partial charge in [0.05, 0.1) is 6.04 Å². The van der Waals surface area contributed by atoms with E-state index >= 15 is 0 Å². The van der Waals surface area contributed by atoms with Crippen molar-refractivity contribution in [1.82, 2.24) is 4.90 Å². The van der Waals surface area contributed by atoms with Crippen LogP contribution in [0.15, 0.2) is 48.5 Å². The van der Waals surface area contributed by atoms with E-state index in [1.807, 2.05) is 42.5 Å². The minimum Gasteiger partial charge on any atom is -0.488 e. The van der Waals surface area contributed by atoms with Gasteiger partial charge in [0, 0.05) is 22.5 Å². The molecule has 1 saturated heterocycles. The molecule has 34 heavy (non-hydrogen) atoms. The number of ether oxygens (including phenoxy) is 4. The van der Waals surface area contributed by atoms with E-state index in [2.05, 4.69) is 0 Å². The predicted octanol–water partition coefficient (Wildman–Crippen LogP) is 4.60. The van der Waals surface area contributed by atoms with Crippen LogP contribution in [0.25, 0.3) is 10.4 Å². The molecule has 174 valence electrons. The van der Waals surface area contributed by atoms with Crippen LogP contribution in [0.2, 0.25) is 0 Å². The molecule has 8 heteroatoms. The Morgan fingerprint density at radius 2 is 1.85 bits per heavy atom. The maximum absolute atomic E-state index is 13.0. The van der Waals surface area contributed by atoms with E-state index in [-0.39, 0.29) is 18.6 Å². The summed E-state index contributed by atoms with van der Waals surface area (Å²) in [6.45, 7) is 1.83. The fraction of sp³-hybridized carbons (Fsp3) is 0.308. The number of thiophene rings is 1. The van der Waals surface area contributed by atoms with E-state index in [9.17, 15) is 9.59 Å². The monoisotopic (exact) mass is 477 g/mol. The minimum atomic E-state index is -0.486. The standard InChI is InChI=1S/C26H23NO6S/c28-24(27-9-3-5-19(27)16-7-8-21-22(12-16)31-11-10-30-21)15-33-26(29)23-13-17-14-32-20-6-2-1-4-18(20)25(17)34-23/h1-2,4,6-8,12-13,19H,3,5,9-11,14-15H2. The van der Waals surface area contributed by atoms with Crippen molar-refractivity contribution in [3.8, 4) is 27.7 Å². The first-order valence-electron chi connectivity index (χ1n) is 11.4. The fourth-order valence-electron chi connectivity index (χ4n) is 4.76. The van der Waals surface area contributed by atoms with Crippen LogP contribution in [-0.4, -0.2) is 43.1 Å². The topological polar surface area (TPSA) is 74.3 Å². The van der Waals surface area contributed by atoms with E-state index in [1.54, 1.807) is 11.0 Å². The van der Waals surface area contributed by atoms with Crippen molar-refractivity contribution in [3.63, 3.8) is 0 Å². The first-order valence-corrected chi connectivity index (χ1v) is 12.2. The molecular formula is C26H23NO6S. The first kappa shape index (κ1) is 21.0. The number of likely N-dealkylation sites (tertiary alicyclic amines) is 1. The summed E-state index contributed by atoms with van der Waals surface area (Å²) in [5.41, 5.74) is 2.94. The van der Waals surface area contributed by atoms with Gasteiger partial charge in [-0.3, -0.25) is 4.79 Å². The summed E-state index contributed by atoms with van der Waals surface area (Å²) in [5.74, 6) is 1.57. The second-order valence-electron chi connectivity index (χ2n) is 8.47. The Bertz CT molecular complexity index is 1270. The molecule has 3 aliphatic rings. The molecule has 1 amide bonds. The van der Waals surface area contributed by atoms with Crippen LogP contribution >= 0.6 is 11.3 Å². The highest BCUT2D eigenvalue weighted by Crippen LogP contribution is 2.42. The number of benzene rings is 2. The molecular weight excluding hydrogens is 454 g/mol. The Labute approximate surface area is 200 Å². The average molecular weight is 478 g/mol. The number of nitrogens with zero attached hydrogens (tertiary/aromatic N) is 1. The number of fused-ring (bicyclic) bond motifs is 4. The van der Waals surface area contributed by atoms with E-state index in [0.717, 1.165) is 45.9 Å². The van der Waals surface area contributed by atoms with E-state index in [0.29, 0.717) is 37.0 Å². The molecule has 0 N–H and O–H groups in total. The van der Waals surface area contributed by atoms with Crippen LogP contribution in [0.5, 0.6) is 17.2 Å². The molecule has 6 rings (SSSR count).